The normalized spacial score (nSPS) is 17.5. The third-order valence-electron chi connectivity index (χ3n) is 3.51. The Morgan fingerprint density at radius 1 is 0.731 bits per heavy atom. The van der Waals surface area contributed by atoms with Crippen LogP contribution in [0.4, 0.5) is 0 Å². The third-order valence-corrected chi connectivity index (χ3v) is 3.51. The van der Waals surface area contributed by atoms with Crippen LogP contribution in [-0.2, 0) is 19.2 Å². The molecule has 2 aliphatic carbocycles. The number of aldehydes is 2. The summed E-state index contributed by atoms with van der Waals surface area (Å²) in [5.41, 5.74) is 0.718. The van der Waals surface area contributed by atoms with Crippen molar-refractivity contribution in [3.63, 3.8) is 0 Å². The van der Waals surface area contributed by atoms with E-state index in [9.17, 15) is 19.2 Å². The van der Waals surface area contributed by atoms with Crippen molar-refractivity contribution in [2.45, 2.75) is 0 Å². The van der Waals surface area contributed by atoms with E-state index in [-0.39, 0.29) is 22.3 Å². The molecular weight excluding hydrogens is 340 g/mol. The first-order valence-electron chi connectivity index (χ1n) is 7.40. The molecule has 2 aliphatic rings. The molecule has 0 atom stereocenters. The van der Waals surface area contributed by atoms with E-state index in [2.05, 4.69) is 10.2 Å². The molecule has 0 unspecified atom stereocenters. The Labute approximate surface area is 147 Å². The number of Topliss-reactive ketones (excluding diaryl/α,β-unsaturated/α-hetero) is 2. The minimum atomic E-state index is -0.651. The molecule has 0 bridgehead atoms. The van der Waals surface area contributed by atoms with Gasteiger partial charge in [-0.3, -0.25) is 19.2 Å². The monoisotopic (exact) mass is 354 g/mol. The van der Waals surface area contributed by atoms with Crippen LogP contribution in [0.2, 0.25) is 0 Å². The second kappa shape index (κ2) is 8.65. The highest BCUT2D eigenvalue weighted by Crippen LogP contribution is 2.19. The maximum atomic E-state index is 11.8. The zero-order valence-corrected chi connectivity index (χ0v) is 13.5. The van der Waals surface area contributed by atoms with Crippen LogP contribution >= 0.6 is 0 Å². The van der Waals surface area contributed by atoms with E-state index in [0.29, 0.717) is 23.7 Å². The molecule has 8 heteroatoms. The lowest BCUT2D eigenvalue weighted by Gasteiger charge is -2.11. The first-order valence-corrected chi connectivity index (χ1v) is 7.40. The van der Waals surface area contributed by atoms with Gasteiger partial charge in [0.25, 0.3) is 0 Å². The van der Waals surface area contributed by atoms with Crippen LogP contribution < -0.4 is 0 Å². The van der Waals surface area contributed by atoms with Crippen LogP contribution in [0, 0.1) is 0 Å². The summed E-state index contributed by atoms with van der Waals surface area (Å²) in [5, 5.41) is 25.9. The summed E-state index contributed by atoms with van der Waals surface area (Å²) in [4.78, 5) is 45.1. The first kappa shape index (κ1) is 19.0. The van der Waals surface area contributed by atoms with Crippen LogP contribution in [-0.4, -0.2) is 47.6 Å². The number of aliphatic hydroxyl groups excluding tert-OH is 2. The summed E-state index contributed by atoms with van der Waals surface area (Å²) in [7, 11) is 0. The van der Waals surface area contributed by atoms with Gasteiger partial charge in [-0.15, -0.1) is 0 Å². The van der Waals surface area contributed by atoms with E-state index >= 15 is 0 Å². The smallest absolute Gasteiger partial charge is 0.199 e. The van der Waals surface area contributed by atoms with E-state index in [0.717, 1.165) is 0 Å². The van der Waals surface area contributed by atoms with Gasteiger partial charge in [0.2, 0.25) is 0 Å². The molecule has 0 fully saturated rings. The molecule has 2 N–H and O–H groups in total. The fourth-order valence-corrected chi connectivity index (χ4v) is 2.24. The lowest BCUT2D eigenvalue weighted by Crippen LogP contribution is -2.15. The summed E-state index contributed by atoms with van der Waals surface area (Å²) < 4.78 is 0. The highest BCUT2D eigenvalue weighted by Gasteiger charge is 2.19. The Kier molecular flexibility index (Phi) is 6.31. The van der Waals surface area contributed by atoms with Gasteiger partial charge < -0.3 is 10.2 Å². The number of nitrogens with zero attached hydrogens (tertiary/aromatic N) is 2. The third kappa shape index (κ3) is 4.18. The molecule has 0 aromatic carbocycles. The fourth-order valence-electron chi connectivity index (χ4n) is 2.24. The fraction of sp³-hybridized carbons (Fsp3) is 0.111. The van der Waals surface area contributed by atoms with Crippen LogP contribution in [0.25, 0.3) is 0 Å². The summed E-state index contributed by atoms with van der Waals surface area (Å²) in [6.45, 7) is -0.942. The highest BCUT2D eigenvalue weighted by atomic mass is 16.3. The average molecular weight is 354 g/mol. The quantitative estimate of drug-likeness (QED) is 0.404. The van der Waals surface area contributed by atoms with Gasteiger partial charge in [0, 0.05) is 11.1 Å². The molecule has 0 aromatic heterocycles. The van der Waals surface area contributed by atoms with Gasteiger partial charge in [0.1, 0.15) is 0 Å². The van der Waals surface area contributed by atoms with Crippen molar-refractivity contribution in [2.75, 3.05) is 13.2 Å². The summed E-state index contributed by atoms with van der Waals surface area (Å²) >= 11 is 0. The van der Waals surface area contributed by atoms with Gasteiger partial charge in [-0.1, -0.05) is 0 Å². The molecule has 132 valence electrons. The topological polar surface area (TPSA) is 133 Å². The number of rotatable bonds is 6. The molecule has 26 heavy (non-hydrogen) atoms. The average Bonchev–Trinajstić information content (AvgIpc) is 2.66. The van der Waals surface area contributed by atoms with Gasteiger partial charge in [-0.25, -0.2) is 0 Å². The Bertz CT molecular complexity index is 825. The molecule has 0 saturated heterocycles. The summed E-state index contributed by atoms with van der Waals surface area (Å²) in [6.07, 6.45) is 8.65. The van der Waals surface area contributed by atoms with E-state index in [1.165, 1.54) is 36.7 Å². The van der Waals surface area contributed by atoms with Crippen molar-refractivity contribution in [3.8, 4) is 0 Å². The molecule has 2 rings (SSSR count). The van der Waals surface area contributed by atoms with Gasteiger partial charge in [-0.05, 0) is 35.5 Å². The minimum absolute atomic E-state index is 0.124. The van der Waals surface area contributed by atoms with Crippen molar-refractivity contribution in [1.29, 1.82) is 0 Å². The predicted molar refractivity (Wildman–Crippen MR) is 89.7 cm³/mol. The van der Waals surface area contributed by atoms with Crippen molar-refractivity contribution in [1.82, 2.24) is 0 Å². The van der Waals surface area contributed by atoms with Crippen LogP contribution in [0.1, 0.15) is 0 Å². The minimum Gasteiger partial charge on any atom is -0.392 e. The Balaban J connectivity index is 2.24. The molecule has 0 saturated carbocycles. The number of hydrogen-bond donors (Lipinski definition) is 2. The van der Waals surface area contributed by atoms with E-state index in [4.69, 9.17) is 10.2 Å². The zero-order chi connectivity index (χ0) is 19.1. The second-order valence-corrected chi connectivity index (χ2v) is 5.24. The lowest BCUT2D eigenvalue weighted by molar-refractivity contribution is -0.116. The van der Waals surface area contributed by atoms with Crippen molar-refractivity contribution in [3.05, 3.63) is 70.1 Å². The molecule has 0 aromatic rings. The predicted octanol–water partition coefficient (Wildman–Crippen LogP) is 0.460. The number of carbonyl (C=O) groups is 4. The summed E-state index contributed by atoms with van der Waals surface area (Å²) in [5.74, 6) is -1.09. The molecule has 0 spiro atoms. The molecule has 0 heterocycles. The van der Waals surface area contributed by atoms with E-state index < -0.39 is 24.8 Å². The number of hydrogen-bond acceptors (Lipinski definition) is 8. The van der Waals surface area contributed by atoms with Crippen LogP contribution in [0.15, 0.2) is 80.4 Å². The zero-order valence-electron chi connectivity index (χ0n) is 13.5. The van der Waals surface area contributed by atoms with Gasteiger partial charge in [0.15, 0.2) is 24.1 Å². The number of azo groups is 1. The Morgan fingerprint density at radius 3 is 1.54 bits per heavy atom. The van der Waals surface area contributed by atoms with Crippen molar-refractivity contribution < 1.29 is 29.4 Å². The Morgan fingerprint density at radius 2 is 1.15 bits per heavy atom. The van der Waals surface area contributed by atoms with Gasteiger partial charge in [0.05, 0.1) is 36.8 Å². The number of allylic oxidation sites excluding steroid dienone is 8. The van der Waals surface area contributed by atoms with E-state index in [1.54, 1.807) is 0 Å². The highest BCUT2D eigenvalue weighted by molar-refractivity contribution is 6.28. The molecule has 0 amide bonds. The molecule has 0 radical (unpaired) electrons. The number of ketones is 2. The van der Waals surface area contributed by atoms with Crippen LogP contribution in [0.3, 0.4) is 0 Å². The Hall–Kier alpha value is -3.36. The van der Waals surface area contributed by atoms with E-state index in [1.807, 2.05) is 0 Å². The largest absolute Gasteiger partial charge is 0.392 e. The van der Waals surface area contributed by atoms with Gasteiger partial charge >= 0.3 is 0 Å². The van der Waals surface area contributed by atoms with Crippen LogP contribution in [0.5, 0.6) is 0 Å². The molecular formula is C18H14N2O6. The molecule has 0 aliphatic heterocycles. The molecule has 8 nitrogen and oxygen atoms in total. The van der Waals surface area contributed by atoms with Crippen molar-refractivity contribution >= 4 is 24.1 Å². The van der Waals surface area contributed by atoms with Crippen molar-refractivity contribution in [2.24, 2.45) is 10.2 Å². The van der Waals surface area contributed by atoms with Gasteiger partial charge in [-0.2, -0.15) is 10.2 Å². The number of aliphatic hydroxyl groups is 2. The summed E-state index contributed by atoms with van der Waals surface area (Å²) in [6, 6.07) is 0. The second-order valence-electron chi connectivity index (χ2n) is 5.24. The maximum absolute atomic E-state index is 11.8. The maximum Gasteiger partial charge on any atom is 0.199 e. The standard InChI is InChI=1S/C18H14N2O6/c21-7-13-1-11(2-14(8-22)17(13)25)5-19-20-6-12-3-15(9-23)18(26)16(4-12)10-24/h1-8,23-24H,9-10H2. The lowest BCUT2D eigenvalue weighted by atomic mass is 9.95. The number of carbonyl (C=O) groups excluding carboxylic acids is 4. The first-order chi connectivity index (χ1) is 12.5. The SMILES string of the molecule is O=CC1=CC(=CN=NC=C2C=C(CO)C(=O)C(CO)=C2)C=C(C=O)C1=O.